The van der Waals surface area contributed by atoms with E-state index in [4.69, 9.17) is 4.84 Å². The fraction of sp³-hybridized carbons (Fsp3) is 0.448. The van der Waals surface area contributed by atoms with Gasteiger partial charge in [0.15, 0.2) is 0 Å². The number of hydrogen-bond donors (Lipinski definition) is 1. The topological polar surface area (TPSA) is 64.2 Å². The Morgan fingerprint density at radius 1 is 1.05 bits per heavy atom. The average molecular weight is 598 g/mol. The van der Waals surface area contributed by atoms with E-state index in [1.54, 1.807) is 0 Å². The third-order valence-electron chi connectivity index (χ3n) is 7.10. The molecule has 1 fully saturated rings. The van der Waals surface area contributed by atoms with Crippen molar-refractivity contribution in [2.24, 2.45) is 5.16 Å². The van der Waals surface area contributed by atoms with Gasteiger partial charge < -0.3 is 19.6 Å². The van der Waals surface area contributed by atoms with E-state index in [0.717, 1.165) is 16.5 Å². The highest BCUT2D eigenvalue weighted by Crippen LogP contribution is 2.37. The summed E-state index contributed by atoms with van der Waals surface area (Å²) in [5.74, 6) is -0.881. The van der Waals surface area contributed by atoms with Gasteiger partial charge in [0, 0.05) is 61.4 Å². The number of fused-ring (bicyclic) bond motifs is 1. The van der Waals surface area contributed by atoms with Gasteiger partial charge in [0.2, 0.25) is 0 Å². The molecule has 0 spiro atoms. The molecule has 2 heterocycles. The Morgan fingerprint density at radius 3 is 2.36 bits per heavy atom. The number of H-pyrrole nitrogens is 1. The predicted octanol–water partition coefficient (Wildman–Crippen LogP) is 5.53. The monoisotopic (exact) mass is 597 g/mol. The molecule has 2 aromatic carbocycles. The Balaban J connectivity index is 1.61. The molecule has 1 aliphatic rings. The molecule has 1 saturated heterocycles. The molecule has 0 aliphatic carbocycles. The Bertz CT molecular complexity index is 1380. The van der Waals surface area contributed by atoms with Crippen molar-refractivity contribution in [1.29, 1.82) is 0 Å². The molecule has 1 aromatic heterocycles. The van der Waals surface area contributed by atoms with Gasteiger partial charge in [-0.05, 0) is 57.3 Å². The number of aromatic amines is 1. The predicted molar refractivity (Wildman–Crippen MR) is 147 cm³/mol. The Hall–Kier alpha value is -3.58. The quantitative estimate of drug-likeness (QED) is 0.153. The number of benzene rings is 2. The molecular formula is C29H33F6N5O2. The van der Waals surface area contributed by atoms with E-state index in [9.17, 15) is 31.1 Å². The summed E-state index contributed by atoms with van der Waals surface area (Å²) >= 11 is 0. The molecule has 1 amide bonds. The summed E-state index contributed by atoms with van der Waals surface area (Å²) in [5, 5.41) is 5.07. The molecule has 4 rings (SSSR count). The smallest absolute Gasteiger partial charge is 0.394 e. The standard InChI is InChI=1S/C29H33F6N5O2/c1-19(37-42-11-10-38(2)3)17-39-8-9-40(24(18-39)14-21-16-36-26-7-5-4-6-25(21)26)27(41)20-12-22(28(30,31)32)15-23(13-20)29(33,34)35/h4-7,12-13,15-16,24,36H,8-11,14,17-18H2,1-3H3/b37-19+. The average Bonchev–Trinajstić information content (AvgIpc) is 3.32. The van der Waals surface area contributed by atoms with Gasteiger partial charge in [0.25, 0.3) is 5.91 Å². The first kappa shape index (κ1) is 31.4. The second-order valence-corrected chi connectivity index (χ2v) is 10.7. The first-order valence-corrected chi connectivity index (χ1v) is 13.4. The third-order valence-corrected chi connectivity index (χ3v) is 7.10. The third kappa shape index (κ3) is 7.82. The minimum Gasteiger partial charge on any atom is -0.394 e. The van der Waals surface area contributed by atoms with Gasteiger partial charge in [-0.1, -0.05) is 23.4 Å². The maximum absolute atomic E-state index is 13.6. The van der Waals surface area contributed by atoms with Crippen molar-refractivity contribution in [3.05, 3.63) is 70.9 Å². The van der Waals surface area contributed by atoms with Crippen LogP contribution in [0.3, 0.4) is 0 Å². The van der Waals surface area contributed by atoms with Crippen molar-refractivity contribution in [2.75, 3.05) is 53.4 Å². The van der Waals surface area contributed by atoms with Crippen molar-refractivity contribution >= 4 is 22.5 Å². The van der Waals surface area contributed by atoms with Crippen LogP contribution in [0.2, 0.25) is 0 Å². The zero-order chi connectivity index (χ0) is 30.7. The number of rotatable bonds is 9. The Kier molecular flexibility index (Phi) is 9.51. The number of likely N-dealkylation sites (N-methyl/N-ethyl adjacent to an activating group) is 1. The van der Waals surface area contributed by atoms with E-state index in [1.165, 1.54) is 4.90 Å². The molecule has 1 N–H and O–H groups in total. The highest BCUT2D eigenvalue weighted by atomic mass is 19.4. The van der Waals surface area contributed by atoms with Crippen molar-refractivity contribution in [1.82, 2.24) is 19.7 Å². The maximum Gasteiger partial charge on any atom is 0.416 e. The molecule has 1 unspecified atom stereocenters. The van der Waals surface area contributed by atoms with Crippen LogP contribution < -0.4 is 0 Å². The second-order valence-electron chi connectivity index (χ2n) is 10.7. The minimum absolute atomic E-state index is 0.0286. The lowest BCUT2D eigenvalue weighted by atomic mass is 9.98. The highest BCUT2D eigenvalue weighted by Gasteiger charge is 2.39. The number of oxime groups is 1. The van der Waals surface area contributed by atoms with Crippen LogP contribution >= 0.6 is 0 Å². The van der Waals surface area contributed by atoms with Crippen LogP contribution in [-0.2, 0) is 23.6 Å². The van der Waals surface area contributed by atoms with Gasteiger partial charge in [0.1, 0.15) is 6.61 Å². The number of hydrogen-bond acceptors (Lipinski definition) is 5. The van der Waals surface area contributed by atoms with E-state index in [2.05, 4.69) is 10.1 Å². The van der Waals surface area contributed by atoms with Crippen LogP contribution in [0.5, 0.6) is 0 Å². The summed E-state index contributed by atoms with van der Waals surface area (Å²) in [6, 6.07) is 8.04. The zero-order valence-corrected chi connectivity index (χ0v) is 23.5. The summed E-state index contributed by atoms with van der Waals surface area (Å²) in [5.41, 5.74) is -1.23. The number of piperazine rings is 1. The van der Waals surface area contributed by atoms with Crippen molar-refractivity contribution in [3.63, 3.8) is 0 Å². The number of nitrogens with one attached hydrogen (secondary N) is 1. The van der Waals surface area contributed by atoms with Gasteiger partial charge in [-0.15, -0.1) is 0 Å². The number of nitrogens with zero attached hydrogens (tertiary/aromatic N) is 4. The highest BCUT2D eigenvalue weighted by molar-refractivity contribution is 5.95. The number of carbonyl (C=O) groups is 1. The molecule has 0 radical (unpaired) electrons. The molecule has 1 aliphatic heterocycles. The first-order chi connectivity index (χ1) is 19.7. The number of carbonyl (C=O) groups excluding carboxylic acids is 1. The second kappa shape index (κ2) is 12.7. The molecule has 228 valence electrons. The lowest BCUT2D eigenvalue weighted by Crippen LogP contribution is -2.56. The minimum atomic E-state index is -5.05. The summed E-state index contributed by atoms with van der Waals surface area (Å²) in [4.78, 5) is 27.6. The van der Waals surface area contributed by atoms with Gasteiger partial charge in [-0.3, -0.25) is 9.69 Å². The molecule has 0 bridgehead atoms. The number of amides is 1. The van der Waals surface area contributed by atoms with Crippen LogP contribution in [0.1, 0.15) is 34.0 Å². The zero-order valence-electron chi connectivity index (χ0n) is 23.5. The number of alkyl halides is 6. The van der Waals surface area contributed by atoms with Gasteiger partial charge in [0.05, 0.1) is 16.8 Å². The molecule has 13 heteroatoms. The lowest BCUT2D eigenvalue weighted by molar-refractivity contribution is -0.143. The molecule has 42 heavy (non-hydrogen) atoms. The molecule has 7 nitrogen and oxygen atoms in total. The molecule has 3 aromatic rings. The van der Waals surface area contributed by atoms with Crippen molar-refractivity contribution in [3.8, 4) is 0 Å². The largest absolute Gasteiger partial charge is 0.416 e. The molecular weight excluding hydrogens is 564 g/mol. The van der Waals surface area contributed by atoms with Crippen molar-refractivity contribution < 1.29 is 36.0 Å². The molecule has 1 atom stereocenters. The lowest BCUT2D eigenvalue weighted by Gasteiger charge is -2.41. The number of halogens is 6. The number of aromatic nitrogens is 1. The van der Waals surface area contributed by atoms with Crippen LogP contribution in [0.4, 0.5) is 26.3 Å². The number of para-hydroxylation sites is 1. The van der Waals surface area contributed by atoms with E-state index in [1.807, 2.05) is 61.3 Å². The fourth-order valence-electron chi connectivity index (χ4n) is 5.04. The molecule has 0 saturated carbocycles. The van der Waals surface area contributed by atoms with Crippen LogP contribution in [0.25, 0.3) is 10.9 Å². The Morgan fingerprint density at radius 2 is 1.71 bits per heavy atom. The van der Waals surface area contributed by atoms with E-state index in [-0.39, 0.29) is 12.6 Å². The SMILES string of the molecule is C/C(CN1CCN(C(=O)c2cc(C(F)(F)F)cc(C(F)(F)F)c2)C(Cc2c[nH]c3ccccc23)C1)=N\OCCN(C)C. The van der Waals surface area contributed by atoms with E-state index >= 15 is 0 Å². The first-order valence-electron chi connectivity index (χ1n) is 13.4. The van der Waals surface area contributed by atoms with Crippen LogP contribution in [0, 0.1) is 0 Å². The van der Waals surface area contributed by atoms with E-state index < -0.39 is 41.0 Å². The van der Waals surface area contributed by atoms with Crippen LogP contribution in [0.15, 0.2) is 53.8 Å². The summed E-state index contributed by atoms with van der Waals surface area (Å²) in [7, 11) is 3.83. The van der Waals surface area contributed by atoms with Gasteiger partial charge in [-0.2, -0.15) is 26.3 Å². The summed E-state index contributed by atoms with van der Waals surface area (Å²) in [6.45, 7) is 4.13. The fourth-order valence-corrected chi connectivity index (χ4v) is 5.04. The van der Waals surface area contributed by atoms with Crippen molar-refractivity contribution in [2.45, 2.75) is 31.7 Å². The van der Waals surface area contributed by atoms with Gasteiger partial charge >= 0.3 is 12.4 Å². The van der Waals surface area contributed by atoms with E-state index in [0.29, 0.717) is 57.1 Å². The van der Waals surface area contributed by atoms with Gasteiger partial charge in [-0.25, -0.2) is 0 Å². The summed E-state index contributed by atoms with van der Waals surface area (Å²) in [6.07, 6.45) is -7.95. The Labute approximate surface area is 239 Å². The summed E-state index contributed by atoms with van der Waals surface area (Å²) < 4.78 is 81.1. The normalized spacial score (nSPS) is 17.3. The van der Waals surface area contributed by atoms with Crippen LogP contribution in [-0.4, -0.2) is 90.8 Å². The maximum atomic E-state index is 13.6.